The fourth-order valence-corrected chi connectivity index (χ4v) is 0.745. The number of ether oxygens (including phenoxy) is 1. The maximum Gasteiger partial charge on any atom is 0.387 e. The zero-order valence-electron chi connectivity index (χ0n) is 6.13. The number of hydrogen-bond donors (Lipinski definition) is 1. The van der Waals surface area contributed by atoms with Gasteiger partial charge in [0.15, 0.2) is 0 Å². The van der Waals surface area contributed by atoms with Gasteiger partial charge in [0, 0.05) is 6.21 Å². The van der Waals surface area contributed by atoms with Gasteiger partial charge >= 0.3 is 6.61 Å². The Balaban J connectivity index is 2.71. The number of nitrogens with one attached hydrogen (secondary N) is 1. The van der Waals surface area contributed by atoms with E-state index in [0.717, 1.165) is 6.21 Å². The molecule has 0 atom stereocenters. The third-order valence-electron chi connectivity index (χ3n) is 1.27. The zero-order valence-corrected chi connectivity index (χ0v) is 6.13. The van der Waals surface area contributed by atoms with Crippen LogP contribution in [0.4, 0.5) is 8.78 Å². The molecule has 2 nitrogen and oxygen atoms in total. The first-order valence-electron chi connectivity index (χ1n) is 3.27. The van der Waals surface area contributed by atoms with Gasteiger partial charge in [-0.25, -0.2) is 0 Å². The molecule has 4 heteroatoms. The molecule has 0 aliphatic rings. The first kappa shape index (κ1) is 8.64. The second kappa shape index (κ2) is 3.80. The summed E-state index contributed by atoms with van der Waals surface area (Å²) in [4.78, 5) is 0. The Morgan fingerprint density at radius 3 is 2.25 bits per heavy atom. The van der Waals surface area contributed by atoms with Crippen molar-refractivity contribution in [3.05, 3.63) is 29.8 Å². The predicted molar refractivity (Wildman–Crippen MR) is 41.0 cm³/mol. The largest absolute Gasteiger partial charge is 0.435 e. The van der Waals surface area contributed by atoms with E-state index in [1.807, 2.05) is 0 Å². The lowest BCUT2D eigenvalue weighted by atomic mass is 10.2. The predicted octanol–water partition coefficient (Wildman–Crippen LogP) is 2.29. The van der Waals surface area contributed by atoms with Crippen LogP contribution in [-0.4, -0.2) is 12.8 Å². The Kier molecular flexibility index (Phi) is 2.74. The van der Waals surface area contributed by atoms with Gasteiger partial charge in [0.1, 0.15) is 5.75 Å². The number of halogens is 2. The lowest BCUT2D eigenvalue weighted by molar-refractivity contribution is -0.0498. The molecule has 0 fully saturated rings. The molecule has 0 radical (unpaired) electrons. The van der Waals surface area contributed by atoms with E-state index in [9.17, 15) is 8.78 Å². The van der Waals surface area contributed by atoms with E-state index in [0.29, 0.717) is 5.56 Å². The smallest absolute Gasteiger partial charge is 0.387 e. The second-order valence-electron chi connectivity index (χ2n) is 2.09. The van der Waals surface area contributed by atoms with Crippen LogP contribution in [0.2, 0.25) is 0 Å². The van der Waals surface area contributed by atoms with Crippen molar-refractivity contribution in [2.45, 2.75) is 6.61 Å². The Morgan fingerprint density at radius 1 is 1.25 bits per heavy atom. The van der Waals surface area contributed by atoms with E-state index in [4.69, 9.17) is 5.41 Å². The minimum Gasteiger partial charge on any atom is -0.435 e. The van der Waals surface area contributed by atoms with Gasteiger partial charge in [0.25, 0.3) is 0 Å². The van der Waals surface area contributed by atoms with Crippen molar-refractivity contribution in [2.24, 2.45) is 0 Å². The van der Waals surface area contributed by atoms with Crippen molar-refractivity contribution in [3.63, 3.8) is 0 Å². The first-order valence-corrected chi connectivity index (χ1v) is 3.27. The van der Waals surface area contributed by atoms with Gasteiger partial charge < -0.3 is 10.1 Å². The summed E-state index contributed by atoms with van der Waals surface area (Å²) < 4.78 is 27.4. The van der Waals surface area contributed by atoms with E-state index in [-0.39, 0.29) is 5.75 Å². The molecule has 1 rings (SSSR count). The molecule has 1 N–H and O–H groups in total. The molecule has 0 spiro atoms. The van der Waals surface area contributed by atoms with Gasteiger partial charge in [0.05, 0.1) is 0 Å². The summed E-state index contributed by atoms with van der Waals surface area (Å²) in [6, 6.07) is 5.86. The van der Waals surface area contributed by atoms with E-state index in [2.05, 4.69) is 4.74 Å². The number of alkyl halides is 2. The van der Waals surface area contributed by atoms with Crippen LogP contribution >= 0.6 is 0 Å². The molecule has 1 aromatic rings. The van der Waals surface area contributed by atoms with E-state index >= 15 is 0 Å². The Bertz CT molecular complexity index is 258. The van der Waals surface area contributed by atoms with Gasteiger partial charge in [-0.15, -0.1) is 0 Å². The fourth-order valence-electron chi connectivity index (χ4n) is 0.745. The van der Waals surface area contributed by atoms with Crippen LogP contribution < -0.4 is 4.74 Å². The summed E-state index contributed by atoms with van der Waals surface area (Å²) in [6.45, 7) is -2.80. The molecule has 0 amide bonds. The third kappa shape index (κ3) is 2.30. The summed E-state index contributed by atoms with van der Waals surface area (Å²) in [5.74, 6) is 0.107. The molecule has 64 valence electrons. The lowest BCUT2D eigenvalue weighted by Crippen LogP contribution is -2.01. The van der Waals surface area contributed by atoms with Crippen molar-refractivity contribution in [2.75, 3.05) is 0 Å². The molecule has 0 aliphatic heterocycles. The molecule has 0 saturated heterocycles. The zero-order chi connectivity index (χ0) is 8.97. The lowest BCUT2D eigenvalue weighted by Gasteiger charge is -2.03. The molecular formula is C8H7F2NO. The van der Waals surface area contributed by atoms with Crippen LogP contribution in [0.25, 0.3) is 0 Å². The van der Waals surface area contributed by atoms with E-state index in [1.165, 1.54) is 24.3 Å². The molecule has 0 heterocycles. The summed E-state index contributed by atoms with van der Waals surface area (Å²) in [5.41, 5.74) is 0.650. The molecule has 0 unspecified atom stereocenters. The first-order chi connectivity index (χ1) is 5.72. The van der Waals surface area contributed by atoms with Crippen molar-refractivity contribution in [3.8, 4) is 5.75 Å². The summed E-state index contributed by atoms with van der Waals surface area (Å²) in [5, 5.41) is 6.84. The minimum absolute atomic E-state index is 0.107. The Labute approximate surface area is 68.3 Å². The summed E-state index contributed by atoms with van der Waals surface area (Å²) in [6.07, 6.45) is 1.13. The van der Waals surface area contributed by atoms with Gasteiger partial charge in [0.2, 0.25) is 0 Å². The molecule has 0 saturated carbocycles. The highest BCUT2D eigenvalue weighted by Crippen LogP contribution is 2.13. The molecule has 1 aromatic carbocycles. The van der Waals surface area contributed by atoms with Gasteiger partial charge in [-0.05, 0) is 29.8 Å². The fraction of sp³-hybridized carbons (Fsp3) is 0.125. The average Bonchev–Trinajstić information content (AvgIpc) is 2.05. The maximum atomic E-state index is 11.6. The monoisotopic (exact) mass is 171 g/mol. The normalized spacial score (nSPS) is 9.92. The highest BCUT2D eigenvalue weighted by atomic mass is 19.3. The number of rotatable bonds is 3. The molecule has 12 heavy (non-hydrogen) atoms. The van der Waals surface area contributed by atoms with Crippen LogP contribution in [0.15, 0.2) is 24.3 Å². The quantitative estimate of drug-likeness (QED) is 0.695. The van der Waals surface area contributed by atoms with E-state index < -0.39 is 6.61 Å². The Morgan fingerprint density at radius 2 is 1.83 bits per heavy atom. The molecule has 0 bridgehead atoms. The van der Waals surface area contributed by atoms with Gasteiger partial charge in [-0.2, -0.15) is 8.78 Å². The maximum absolute atomic E-state index is 11.6. The van der Waals surface area contributed by atoms with Crippen LogP contribution in [0, 0.1) is 5.41 Å². The average molecular weight is 171 g/mol. The minimum atomic E-state index is -2.80. The van der Waals surface area contributed by atoms with Crippen molar-refractivity contribution < 1.29 is 13.5 Å². The van der Waals surface area contributed by atoms with E-state index in [1.54, 1.807) is 0 Å². The van der Waals surface area contributed by atoms with Crippen molar-refractivity contribution >= 4 is 6.21 Å². The summed E-state index contributed by atoms with van der Waals surface area (Å²) >= 11 is 0. The van der Waals surface area contributed by atoms with Gasteiger partial charge in [-0.1, -0.05) is 0 Å². The Hall–Kier alpha value is -1.45. The molecule has 0 aromatic heterocycles. The van der Waals surface area contributed by atoms with Crippen molar-refractivity contribution in [1.29, 1.82) is 5.41 Å². The SMILES string of the molecule is N=Cc1ccc(OC(F)F)cc1. The number of hydrogen-bond acceptors (Lipinski definition) is 2. The van der Waals surface area contributed by atoms with Gasteiger partial charge in [-0.3, -0.25) is 0 Å². The second-order valence-corrected chi connectivity index (χ2v) is 2.09. The highest BCUT2D eigenvalue weighted by molar-refractivity contribution is 5.76. The highest BCUT2D eigenvalue weighted by Gasteiger charge is 2.02. The standard InChI is InChI=1S/C8H7F2NO/c9-8(10)12-7-3-1-6(5-11)2-4-7/h1-5,8,11H. The van der Waals surface area contributed by atoms with Crippen LogP contribution in [0.1, 0.15) is 5.56 Å². The topological polar surface area (TPSA) is 33.1 Å². The molecular weight excluding hydrogens is 164 g/mol. The number of benzene rings is 1. The third-order valence-corrected chi connectivity index (χ3v) is 1.27. The van der Waals surface area contributed by atoms with Crippen LogP contribution in [0.3, 0.4) is 0 Å². The molecule has 0 aliphatic carbocycles. The summed E-state index contributed by atoms with van der Waals surface area (Å²) in [7, 11) is 0. The van der Waals surface area contributed by atoms with Crippen LogP contribution in [-0.2, 0) is 0 Å². The van der Waals surface area contributed by atoms with Crippen molar-refractivity contribution in [1.82, 2.24) is 0 Å². The van der Waals surface area contributed by atoms with Crippen LogP contribution in [0.5, 0.6) is 5.75 Å².